The summed E-state index contributed by atoms with van der Waals surface area (Å²) < 4.78 is 0. The smallest absolute Gasteiger partial charge is 0.0367 e. The van der Waals surface area contributed by atoms with Gasteiger partial charge in [-0.25, -0.2) is 0 Å². The summed E-state index contributed by atoms with van der Waals surface area (Å²) in [5.74, 6) is 0. The van der Waals surface area contributed by atoms with Gasteiger partial charge < -0.3 is 9.80 Å². The zero-order valence-electron chi connectivity index (χ0n) is 23.7. The summed E-state index contributed by atoms with van der Waals surface area (Å²) in [6, 6.07) is 31.8. The fourth-order valence-electron chi connectivity index (χ4n) is 5.05. The maximum Gasteiger partial charge on any atom is 0.0367 e. The van der Waals surface area contributed by atoms with Crippen molar-refractivity contribution in [2.45, 2.75) is 34.1 Å². The van der Waals surface area contributed by atoms with Crippen molar-refractivity contribution in [3.05, 3.63) is 84.9 Å². The molecule has 0 saturated carbocycles. The second kappa shape index (κ2) is 11.1. The van der Waals surface area contributed by atoms with Crippen LogP contribution in [0.5, 0.6) is 0 Å². The largest absolute Gasteiger partial charge is 0.378 e. The molecule has 0 saturated heterocycles. The highest BCUT2D eigenvalue weighted by Crippen LogP contribution is 2.38. The van der Waals surface area contributed by atoms with Crippen LogP contribution in [0.1, 0.15) is 34.1 Å². The predicted molar refractivity (Wildman–Crippen MR) is 170 cm³/mol. The van der Waals surface area contributed by atoms with Gasteiger partial charge in [-0.2, -0.15) is 0 Å². The summed E-state index contributed by atoms with van der Waals surface area (Å²) in [7, 11) is 8.36. The predicted octanol–water partition coefficient (Wildman–Crippen LogP) is 10.0. The van der Waals surface area contributed by atoms with E-state index < -0.39 is 0 Å². The van der Waals surface area contributed by atoms with Crippen LogP contribution in [0.4, 0.5) is 11.4 Å². The van der Waals surface area contributed by atoms with Crippen molar-refractivity contribution in [1.82, 2.24) is 0 Å². The molecule has 6 aromatic rings. The van der Waals surface area contributed by atoms with E-state index in [4.69, 9.17) is 0 Å². The molecule has 0 bridgehead atoms. The number of fused-ring (bicyclic) bond motifs is 9. The molecular formula is C35H40N2. The molecule has 0 radical (unpaired) electrons. The Morgan fingerprint density at radius 3 is 0.946 bits per heavy atom. The average molecular weight is 489 g/mol. The van der Waals surface area contributed by atoms with Crippen LogP contribution in [0.15, 0.2) is 84.9 Å². The van der Waals surface area contributed by atoms with Crippen LogP contribution in [0.2, 0.25) is 0 Å². The quantitative estimate of drug-likeness (QED) is 0.224. The molecule has 37 heavy (non-hydrogen) atoms. The summed E-state index contributed by atoms with van der Waals surface area (Å²) in [5.41, 5.74) is 2.46. The Hall–Kier alpha value is -3.78. The van der Waals surface area contributed by atoms with Gasteiger partial charge in [0.05, 0.1) is 0 Å². The lowest BCUT2D eigenvalue weighted by Gasteiger charge is -2.16. The standard InChI is InChI=1S/C30H26N2.C3H8.C2H6/c1-31(2)21-7-11-23-19(17-21)5-9-27-25(23)13-15-30-28-10-6-20-18-22(32(3)4)8-12-24(20)26(28)14-16-29(27)30;1-3-2;1-2/h5-18H,1-4H3;3H2,1-2H3;1-2H3. The van der Waals surface area contributed by atoms with Gasteiger partial charge in [0.15, 0.2) is 0 Å². The minimum absolute atomic E-state index is 1.23. The number of benzene rings is 6. The minimum atomic E-state index is 1.23. The van der Waals surface area contributed by atoms with Crippen LogP contribution in [-0.2, 0) is 0 Å². The molecule has 0 amide bonds. The van der Waals surface area contributed by atoms with Gasteiger partial charge in [0.1, 0.15) is 0 Å². The van der Waals surface area contributed by atoms with Gasteiger partial charge >= 0.3 is 0 Å². The van der Waals surface area contributed by atoms with Gasteiger partial charge in [0.25, 0.3) is 0 Å². The van der Waals surface area contributed by atoms with Crippen LogP contribution >= 0.6 is 0 Å². The van der Waals surface area contributed by atoms with Crippen molar-refractivity contribution in [3.63, 3.8) is 0 Å². The van der Waals surface area contributed by atoms with Crippen molar-refractivity contribution < 1.29 is 0 Å². The van der Waals surface area contributed by atoms with E-state index in [0.29, 0.717) is 0 Å². The van der Waals surface area contributed by atoms with E-state index in [-0.39, 0.29) is 0 Å². The van der Waals surface area contributed by atoms with Crippen LogP contribution in [0.3, 0.4) is 0 Å². The molecule has 190 valence electrons. The lowest BCUT2D eigenvalue weighted by Crippen LogP contribution is -2.08. The van der Waals surface area contributed by atoms with E-state index in [9.17, 15) is 0 Å². The summed E-state index contributed by atoms with van der Waals surface area (Å²) in [6.45, 7) is 8.25. The molecule has 0 spiro atoms. The highest BCUT2D eigenvalue weighted by atomic mass is 15.1. The van der Waals surface area contributed by atoms with E-state index >= 15 is 0 Å². The Bertz CT molecular complexity index is 1570. The maximum absolute atomic E-state index is 2.30. The Morgan fingerprint density at radius 1 is 0.405 bits per heavy atom. The van der Waals surface area contributed by atoms with Crippen LogP contribution in [0.25, 0.3) is 53.9 Å². The van der Waals surface area contributed by atoms with Gasteiger partial charge in [0.2, 0.25) is 0 Å². The van der Waals surface area contributed by atoms with Gasteiger partial charge in [-0.3, -0.25) is 0 Å². The van der Waals surface area contributed by atoms with Crippen molar-refractivity contribution in [2.75, 3.05) is 38.0 Å². The van der Waals surface area contributed by atoms with Crippen LogP contribution < -0.4 is 9.80 Å². The molecule has 0 N–H and O–H groups in total. The zero-order chi connectivity index (χ0) is 26.7. The van der Waals surface area contributed by atoms with Crippen LogP contribution in [0, 0.1) is 0 Å². The third-order valence-corrected chi connectivity index (χ3v) is 6.83. The Labute approximate surface area is 222 Å². The molecule has 0 aromatic heterocycles. The van der Waals surface area contributed by atoms with Crippen molar-refractivity contribution >= 4 is 65.2 Å². The first-order chi connectivity index (χ1) is 17.9. The molecule has 0 unspecified atom stereocenters. The topological polar surface area (TPSA) is 6.48 Å². The fraction of sp³-hybridized carbons (Fsp3) is 0.257. The molecule has 0 heterocycles. The first-order valence-corrected chi connectivity index (χ1v) is 13.5. The molecule has 6 aromatic carbocycles. The first-order valence-electron chi connectivity index (χ1n) is 13.5. The Balaban J connectivity index is 0.000000599. The lowest BCUT2D eigenvalue weighted by atomic mass is 9.92. The fourth-order valence-corrected chi connectivity index (χ4v) is 5.05. The van der Waals surface area contributed by atoms with E-state index in [1.807, 2.05) is 13.8 Å². The van der Waals surface area contributed by atoms with Gasteiger partial charge in [-0.05, 0) is 78.1 Å². The highest BCUT2D eigenvalue weighted by molar-refractivity contribution is 6.25. The number of rotatable bonds is 2. The molecular weight excluding hydrogens is 448 g/mol. The van der Waals surface area contributed by atoms with Crippen molar-refractivity contribution in [2.24, 2.45) is 0 Å². The van der Waals surface area contributed by atoms with Gasteiger partial charge in [0, 0.05) is 39.6 Å². The first kappa shape index (κ1) is 26.3. The third-order valence-electron chi connectivity index (χ3n) is 6.83. The molecule has 0 fully saturated rings. The molecule has 0 aliphatic carbocycles. The second-order valence-electron chi connectivity index (χ2n) is 9.85. The lowest BCUT2D eigenvalue weighted by molar-refractivity contribution is 1.09. The maximum atomic E-state index is 2.30. The molecule has 0 aliphatic rings. The molecule has 2 heteroatoms. The Morgan fingerprint density at radius 2 is 0.649 bits per heavy atom. The molecule has 2 nitrogen and oxygen atoms in total. The minimum Gasteiger partial charge on any atom is -0.378 e. The van der Waals surface area contributed by atoms with E-state index in [0.717, 1.165) is 0 Å². The van der Waals surface area contributed by atoms with Gasteiger partial charge in [-0.1, -0.05) is 94.8 Å². The van der Waals surface area contributed by atoms with Crippen molar-refractivity contribution in [3.8, 4) is 0 Å². The average Bonchev–Trinajstić information content (AvgIpc) is 2.92. The number of nitrogens with zero attached hydrogens (tertiary/aromatic N) is 2. The summed E-state index contributed by atoms with van der Waals surface area (Å²) in [5, 5.41) is 13.1. The van der Waals surface area contributed by atoms with Gasteiger partial charge in [-0.15, -0.1) is 0 Å². The van der Waals surface area contributed by atoms with E-state index in [1.54, 1.807) is 0 Å². The molecule has 0 aliphatic heterocycles. The molecule has 0 atom stereocenters. The number of hydrogen-bond acceptors (Lipinski definition) is 2. The van der Waals surface area contributed by atoms with E-state index in [2.05, 4.69) is 137 Å². The summed E-state index contributed by atoms with van der Waals surface area (Å²) in [4.78, 5) is 4.31. The summed E-state index contributed by atoms with van der Waals surface area (Å²) in [6.07, 6.45) is 1.25. The third kappa shape index (κ3) is 4.81. The van der Waals surface area contributed by atoms with E-state index in [1.165, 1.54) is 71.7 Å². The Kier molecular flexibility index (Phi) is 7.88. The zero-order valence-corrected chi connectivity index (χ0v) is 23.7. The summed E-state index contributed by atoms with van der Waals surface area (Å²) >= 11 is 0. The number of hydrogen-bond donors (Lipinski definition) is 0. The number of anilines is 2. The van der Waals surface area contributed by atoms with Crippen LogP contribution in [-0.4, -0.2) is 28.2 Å². The normalized spacial score (nSPS) is 10.8. The SMILES string of the molecule is CC.CCC.CN(C)c1ccc2c(ccc3c2ccc2c4ccc5cc(N(C)C)ccc5c4ccc32)c1. The van der Waals surface area contributed by atoms with Crippen molar-refractivity contribution in [1.29, 1.82) is 0 Å². The monoisotopic (exact) mass is 488 g/mol. The molecule has 6 rings (SSSR count). The second-order valence-corrected chi connectivity index (χ2v) is 9.85. The highest BCUT2D eigenvalue weighted by Gasteiger charge is 2.10.